The molecule has 0 aliphatic carbocycles. The van der Waals surface area contributed by atoms with Crippen molar-refractivity contribution < 1.29 is 0 Å². The molecule has 0 aliphatic heterocycles. The van der Waals surface area contributed by atoms with Gasteiger partial charge in [-0.1, -0.05) is 17.3 Å². The molecule has 19 heavy (non-hydrogen) atoms. The predicted molar refractivity (Wildman–Crippen MR) is 71.9 cm³/mol. The molecule has 0 fully saturated rings. The molecule has 0 saturated carbocycles. The van der Waals surface area contributed by atoms with Crippen LogP contribution in [0.4, 0.5) is 5.69 Å². The number of nitrogens with one attached hydrogen (secondary N) is 1. The molecule has 3 aromatic rings. The maximum absolute atomic E-state index is 4.10. The first-order chi connectivity index (χ1) is 9.34. The van der Waals surface area contributed by atoms with Gasteiger partial charge in [0, 0.05) is 13.2 Å². The molecule has 2 aromatic heterocycles. The Labute approximate surface area is 110 Å². The smallest absolute Gasteiger partial charge is 0.0946 e. The molecular weight excluding hydrogens is 240 g/mol. The van der Waals surface area contributed by atoms with E-state index >= 15 is 0 Å². The van der Waals surface area contributed by atoms with E-state index in [1.807, 2.05) is 48.3 Å². The zero-order valence-electron chi connectivity index (χ0n) is 10.6. The molecule has 0 radical (unpaired) electrons. The maximum Gasteiger partial charge on any atom is 0.0946 e. The fourth-order valence-electron chi connectivity index (χ4n) is 1.90. The summed E-state index contributed by atoms with van der Waals surface area (Å²) in [4.78, 5) is 4.10. The molecule has 2 heterocycles. The second-order valence-electron chi connectivity index (χ2n) is 4.21. The Morgan fingerprint density at radius 3 is 2.89 bits per heavy atom. The summed E-state index contributed by atoms with van der Waals surface area (Å²) >= 11 is 0. The van der Waals surface area contributed by atoms with Crippen molar-refractivity contribution in [3.63, 3.8) is 0 Å². The van der Waals surface area contributed by atoms with Crippen LogP contribution in [0.1, 0.15) is 5.69 Å². The van der Waals surface area contributed by atoms with E-state index < -0.39 is 0 Å². The van der Waals surface area contributed by atoms with Crippen LogP contribution in [0, 0.1) is 0 Å². The van der Waals surface area contributed by atoms with Crippen LogP contribution in [-0.4, -0.2) is 24.5 Å². The monoisotopic (exact) mass is 254 g/mol. The predicted octanol–water partition coefficient (Wildman–Crippen LogP) is 1.61. The Balaban J connectivity index is 1.84. The number of para-hydroxylation sites is 2. The van der Waals surface area contributed by atoms with Crippen LogP contribution in [0.15, 0.2) is 49.2 Å². The van der Waals surface area contributed by atoms with Crippen LogP contribution in [-0.2, 0) is 13.6 Å². The zero-order valence-corrected chi connectivity index (χ0v) is 10.6. The van der Waals surface area contributed by atoms with Crippen molar-refractivity contribution >= 4 is 5.69 Å². The molecule has 1 aromatic carbocycles. The Morgan fingerprint density at radius 2 is 2.16 bits per heavy atom. The third-order valence-corrected chi connectivity index (χ3v) is 2.95. The summed E-state index contributed by atoms with van der Waals surface area (Å²) in [5, 5.41) is 11.2. The lowest BCUT2D eigenvalue weighted by Crippen LogP contribution is -2.07. The van der Waals surface area contributed by atoms with Gasteiger partial charge in [0.25, 0.3) is 0 Å². The van der Waals surface area contributed by atoms with Gasteiger partial charge in [0.1, 0.15) is 0 Å². The molecule has 0 spiro atoms. The average molecular weight is 254 g/mol. The van der Waals surface area contributed by atoms with Gasteiger partial charge in [-0.05, 0) is 12.1 Å². The Hall–Kier alpha value is -2.63. The molecule has 0 bridgehead atoms. The second-order valence-corrected chi connectivity index (χ2v) is 4.21. The molecule has 0 unspecified atom stereocenters. The van der Waals surface area contributed by atoms with Crippen molar-refractivity contribution in [2.24, 2.45) is 7.05 Å². The molecular formula is C13H14N6. The minimum atomic E-state index is 0.711. The zero-order chi connectivity index (χ0) is 13.1. The highest BCUT2D eigenvalue weighted by Gasteiger charge is 2.05. The summed E-state index contributed by atoms with van der Waals surface area (Å²) in [6.07, 6.45) is 7.13. The van der Waals surface area contributed by atoms with E-state index in [-0.39, 0.29) is 0 Å². The SMILES string of the molecule is Cn1cncc1CNc1ccccc1-n1ccnn1. The van der Waals surface area contributed by atoms with Crippen molar-refractivity contribution in [1.82, 2.24) is 24.5 Å². The number of hydrogen-bond acceptors (Lipinski definition) is 4. The summed E-state index contributed by atoms with van der Waals surface area (Å²) in [5.74, 6) is 0. The molecule has 0 aliphatic rings. The topological polar surface area (TPSA) is 60.6 Å². The quantitative estimate of drug-likeness (QED) is 0.768. The number of benzene rings is 1. The largest absolute Gasteiger partial charge is 0.378 e. The van der Waals surface area contributed by atoms with Crippen LogP contribution >= 0.6 is 0 Å². The first-order valence-electron chi connectivity index (χ1n) is 5.99. The number of aromatic nitrogens is 5. The van der Waals surface area contributed by atoms with Gasteiger partial charge < -0.3 is 9.88 Å². The van der Waals surface area contributed by atoms with Gasteiger partial charge in [0.2, 0.25) is 0 Å². The summed E-state index contributed by atoms with van der Waals surface area (Å²) < 4.78 is 3.73. The fourth-order valence-corrected chi connectivity index (χ4v) is 1.90. The first kappa shape index (κ1) is 11.5. The molecule has 96 valence electrons. The highest BCUT2D eigenvalue weighted by Crippen LogP contribution is 2.19. The molecule has 0 amide bonds. The third-order valence-electron chi connectivity index (χ3n) is 2.95. The van der Waals surface area contributed by atoms with Crippen LogP contribution in [0.5, 0.6) is 0 Å². The number of aryl methyl sites for hydroxylation is 1. The fraction of sp³-hybridized carbons (Fsp3) is 0.154. The Morgan fingerprint density at radius 1 is 1.26 bits per heavy atom. The highest BCUT2D eigenvalue weighted by molar-refractivity contribution is 5.60. The van der Waals surface area contributed by atoms with Crippen molar-refractivity contribution in [1.29, 1.82) is 0 Å². The Kier molecular flexibility index (Phi) is 2.97. The molecule has 6 nitrogen and oxygen atoms in total. The molecule has 6 heteroatoms. The van der Waals surface area contributed by atoms with E-state index in [1.165, 1.54) is 0 Å². The minimum absolute atomic E-state index is 0.711. The van der Waals surface area contributed by atoms with Crippen molar-refractivity contribution in [2.45, 2.75) is 6.54 Å². The summed E-state index contributed by atoms with van der Waals surface area (Å²) in [6.45, 7) is 0.711. The van der Waals surface area contributed by atoms with Gasteiger partial charge in [-0.3, -0.25) is 0 Å². The minimum Gasteiger partial charge on any atom is -0.378 e. The van der Waals surface area contributed by atoms with Crippen LogP contribution in [0.2, 0.25) is 0 Å². The van der Waals surface area contributed by atoms with E-state index in [4.69, 9.17) is 0 Å². The summed E-state index contributed by atoms with van der Waals surface area (Å²) in [6, 6.07) is 7.99. The number of imidazole rings is 1. The van der Waals surface area contributed by atoms with E-state index in [0.29, 0.717) is 6.54 Å². The van der Waals surface area contributed by atoms with E-state index in [9.17, 15) is 0 Å². The average Bonchev–Trinajstić information content (AvgIpc) is 3.08. The lowest BCUT2D eigenvalue weighted by molar-refractivity contribution is 0.800. The van der Waals surface area contributed by atoms with Gasteiger partial charge in [-0.25, -0.2) is 9.67 Å². The normalized spacial score (nSPS) is 10.6. The van der Waals surface area contributed by atoms with E-state index in [0.717, 1.165) is 17.1 Å². The van der Waals surface area contributed by atoms with Gasteiger partial charge in [-0.15, -0.1) is 5.10 Å². The van der Waals surface area contributed by atoms with Gasteiger partial charge in [0.15, 0.2) is 0 Å². The van der Waals surface area contributed by atoms with Gasteiger partial charge in [0.05, 0.1) is 42.3 Å². The van der Waals surface area contributed by atoms with Crippen LogP contribution in [0.3, 0.4) is 0 Å². The van der Waals surface area contributed by atoms with Crippen molar-refractivity contribution in [3.8, 4) is 5.69 Å². The summed E-state index contributed by atoms with van der Waals surface area (Å²) in [5.41, 5.74) is 3.10. The molecule has 3 rings (SSSR count). The standard InChI is InChI=1S/C13H14N6/c1-18-10-14-8-11(18)9-15-12-4-2-3-5-13(12)19-7-6-16-17-19/h2-8,10,15H,9H2,1H3. The van der Waals surface area contributed by atoms with Crippen molar-refractivity contribution in [3.05, 3.63) is 54.9 Å². The van der Waals surface area contributed by atoms with Crippen LogP contribution in [0.25, 0.3) is 5.69 Å². The third kappa shape index (κ3) is 2.33. The first-order valence-corrected chi connectivity index (χ1v) is 5.99. The molecule has 0 saturated heterocycles. The second kappa shape index (κ2) is 4.93. The van der Waals surface area contributed by atoms with E-state index in [1.54, 1.807) is 17.2 Å². The van der Waals surface area contributed by atoms with Crippen LogP contribution < -0.4 is 5.32 Å². The number of nitrogens with zero attached hydrogens (tertiary/aromatic N) is 5. The van der Waals surface area contributed by atoms with E-state index in [2.05, 4.69) is 20.6 Å². The molecule has 1 N–H and O–H groups in total. The van der Waals surface area contributed by atoms with Gasteiger partial charge >= 0.3 is 0 Å². The summed E-state index contributed by atoms with van der Waals surface area (Å²) in [7, 11) is 1.98. The lowest BCUT2D eigenvalue weighted by atomic mass is 10.2. The number of anilines is 1. The number of rotatable bonds is 4. The molecule has 0 atom stereocenters. The Bertz CT molecular complexity index is 655. The van der Waals surface area contributed by atoms with Crippen molar-refractivity contribution in [2.75, 3.05) is 5.32 Å². The van der Waals surface area contributed by atoms with Gasteiger partial charge in [-0.2, -0.15) is 0 Å². The lowest BCUT2D eigenvalue weighted by Gasteiger charge is -2.11. The highest BCUT2D eigenvalue weighted by atomic mass is 15.4. The number of hydrogen-bond donors (Lipinski definition) is 1. The maximum atomic E-state index is 4.10.